The summed E-state index contributed by atoms with van der Waals surface area (Å²) in [5.74, 6) is 0.549. The second-order valence-electron chi connectivity index (χ2n) is 11.6. The quantitative estimate of drug-likeness (QED) is 0.109. The van der Waals surface area contributed by atoms with Crippen LogP contribution in [0.25, 0.3) is 11.8 Å². The van der Waals surface area contributed by atoms with Crippen LogP contribution >= 0.6 is 79.7 Å². The summed E-state index contributed by atoms with van der Waals surface area (Å²) < 4.78 is 15.7. The van der Waals surface area contributed by atoms with Crippen molar-refractivity contribution < 1.29 is 14.3 Å². The molecule has 0 radical (unpaired) electrons. The molecule has 0 spiro atoms. The van der Waals surface area contributed by atoms with Gasteiger partial charge in [-0.25, -0.2) is 9.79 Å². The lowest BCUT2D eigenvalue weighted by atomic mass is 9.91. The number of halogens is 4. The Hall–Kier alpha value is -2.97. The van der Waals surface area contributed by atoms with Gasteiger partial charge in [-0.2, -0.15) is 0 Å². The van der Waals surface area contributed by atoms with Crippen molar-refractivity contribution in [3.8, 4) is 5.75 Å². The normalized spacial score (nSPS) is 14.5. The summed E-state index contributed by atoms with van der Waals surface area (Å²) in [6.45, 7) is 6.51. The molecule has 0 unspecified atom stereocenters. The lowest BCUT2D eigenvalue weighted by Gasteiger charge is -2.26. The maximum Gasteiger partial charge on any atom is 0.338 e. The lowest BCUT2D eigenvalue weighted by Crippen LogP contribution is -2.40. The molecule has 2 heterocycles. The Balaban J connectivity index is 1.47. The predicted octanol–water partition coefficient (Wildman–Crippen LogP) is 9.15. The van der Waals surface area contributed by atoms with Crippen molar-refractivity contribution in [3.05, 3.63) is 155 Å². The summed E-state index contributed by atoms with van der Waals surface area (Å²) in [4.78, 5) is 33.6. The largest absolute Gasteiger partial charge is 0.487 e. The second-order valence-corrected chi connectivity index (χ2v) is 15.8. The van der Waals surface area contributed by atoms with Crippen LogP contribution < -0.4 is 19.6 Å². The molecule has 0 aliphatic carbocycles. The number of nitrogens with zero attached hydrogens (tertiary/aromatic N) is 2. The van der Waals surface area contributed by atoms with Crippen LogP contribution in [0.2, 0.25) is 10.0 Å². The Morgan fingerprint density at radius 1 is 1.00 bits per heavy atom. The van der Waals surface area contributed by atoms with E-state index in [0.717, 1.165) is 40.7 Å². The van der Waals surface area contributed by atoms with Gasteiger partial charge in [-0.3, -0.25) is 9.36 Å². The average molecular weight is 935 g/mol. The minimum Gasteiger partial charge on any atom is -0.487 e. The number of fused-ring (bicyclic) bond motifs is 1. The van der Waals surface area contributed by atoms with Crippen molar-refractivity contribution in [2.24, 2.45) is 4.99 Å². The van der Waals surface area contributed by atoms with E-state index in [2.05, 4.69) is 71.2 Å². The first-order valence-corrected chi connectivity index (χ1v) is 19.2. The molecule has 1 aliphatic heterocycles. The average Bonchev–Trinajstić information content (AvgIpc) is 3.38. The zero-order valence-corrected chi connectivity index (χ0v) is 33.3. The van der Waals surface area contributed by atoms with Crippen molar-refractivity contribution in [3.63, 3.8) is 0 Å². The lowest BCUT2D eigenvalue weighted by molar-refractivity contribution is -0.138. The zero-order chi connectivity index (χ0) is 34.8. The first-order chi connectivity index (χ1) is 23.5. The van der Waals surface area contributed by atoms with E-state index in [-0.39, 0.29) is 18.8 Å². The third-order valence-electron chi connectivity index (χ3n) is 8.00. The van der Waals surface area contributed by atoms with Crippen molar-refractivity contribution >= 4 is 97.5 Å². The number of rotatable bonds is 9. The molecule has 11 heteroatoms. The van der Waals surface area contributed by atoms with Crippen molar-refractivity contribution in [2.45, 2.75) is 39.3 Å². The molecule has 49 heavy (non-hydrogen) atoms. The number of hydrogen-bond donors (Lipinski definition) is 0. The summed E-state index contributed by atoms with van der Waals surface area (Å²) in [6, 6.07) is 26.2. The first-order valence-electron chi connectivity index (χ1n) is 15.5. The Morgan fingerprint density at radius 2 is 1.69 bits per heavy atom. The van der Waals surface area contributed by atoms with Crippen molar-refractivity contribution in [1.82, 2.24) is 4.57 Å². The molecular formula is C38H30Cl2I2N2O4S. The standard InChI is InChI=1S/C38H30Cl2I2N2O4S/c1-4-47-37(46)32-33(24-8-6-5-7-9-24)43-38-44(34(32)25-12-10-23(11-13-25)21(2)3)36(45)31(49-38)18-22-16-29(41)35(30(42)17-22)48-20-26-14-15-27(39)19-28(26)40/h5-19,21,34H,4,20H2,1-3H3/b31-18-/t34-/m1/s1. The monoisotopic (exact) mass is 934 g/mol. The van der Waals surface area contributed by atoms with Crippen LogP contribution in [0, 0.1) is 7.14 Å². The molecule has 0 N–H and O–H groups in total. The first kappa shape index (κ1) is 35.8. The molecule has 6 nitrogen and oxygen atoms in total. The van der Waals surface area contributed by atoms with Gasteiger partial charge in [0.2, 0.25) is 0 Å². The fourth-order valence-electron chi connectivity index (χ4n) is 5.56. The van der Waals surface area contributed by atoms with Gasteiger partial charge in [-0.05, 0) is 105 Å². The number of thiazole rings is 1. The zero-order valence-electron chi connectivity index (χ0n) is 26.7. The highest BCUT2D eigenvalue weighted by Gasteiger charge is 2.35. The minimum atomic E-state index is -0.732. The molecule has 1 atom stereocenters. The molecule has 5 aromatic rings. The summed E-state index contributed by atoms with van der Waals surface area (Å²) in [5.41, 5.74) is 4.98. The summed E-state index contributed by atoms with van der Waals surface area (Å²) in [6.07, 6.45) is 1.86. The summed E-state index contributed by atoms with van der Waals surface area (Å²) in [7, 11) is 0. The molecule has 0 saturated carbocycles. The molecule has 0 saturated heterocycles. The Bertz CT molecular complexity index is 2240. The van der Waals surface area contributed by atoms with Crippen LogP contribution in [0.3, 0.4) is 0 Å². The maximum absolute atomic E-state index is 14.4. The van der Waals surface area contributed by atoms with Crippen LogP contribution in [-0.4, -0.2) is 17.1 Å². The van der Waals surface area contributed by atoms with E-state index in [1.54, 1.807) is 23.6 Å². The minimum absolute atomic E-state index is 0.192. The van der Waals surface area contributed by atoms with Crippen LogP contribution in [0.4, 0.5) is 0 Å². The number of hydrogen-bond acceptors (Lipinski definition) is 6. The molecule has 0 amide bonds. The fraction of sp³-hybridized carbons (Fsp3) is 0.184. The third kappa shape index (κ3) is 7.70. The highest BCUT2D eigenvalue weighted by molar-refractivity contribution is 14.1. The maximum atomic E-state index is 14.4. The van der Waals surface area contributed by atoms with Gasteiger partial charge in [0.15, 0.2) is 4.80 Å². The predicted molar refractivity (Wildman–Crippen MR) is 214 cm³/mol. The molecule has 1 aromatic heterocycles. The highest BCUT2D eigenvalue weighted by atomic mass is 127. The number of esters is 1. The Labute approximate surface area is 325 Å². The van der Waals surface area contributed by atoms with Crippen LogP contribution in [0.15, 0.2) is 100 Å². The molecule has 0 bridgehead atoms. The van der Waals surface area contributed by atoms with Gasteiger partial charge in [0.1, 0.15) is 12.4 Å². The van der Waals surface area contributed by atoms with Crippen molar-refractivity contribution in [1.29, 1.82) is 0 Å². The van der Waals surface area contributed by atoms with E-state index in [0.29, 0.717) is 36.6 Å². The van der Waals surface area contributed by atoms with E-state index >= 15 is 0 Å². The Kier molecular flexibility index (Phi) is 11.3. The summed E-state index contributed by atoms with van der Waals surface area (Å²) in [5, 5.41) is 1.11. The number of carbonyl (C=O) groups is 1. The van der Waals surface area contributed by atoms with E-state index in [1.165, 1.54) is 11.3 Å². The highest BCUT2D eigenvalue weighted by Crippen LogP contribution is 2.36. The van der Waals surface area contributed by atoms with Gasteiger partial charge in [-0.1, -0.05) is 109 Å². The van der Waals surface area contributed by atoms with Gasteiger partial charge in [0, 0.05) is 21.2 Å². The molecule has 6 rings (SSSR count). The molecule has 250 valence electrons. The topological polar surface area (TPSA) is 69.9 Å². The van der Waals surface area contributed by atoms with Gasteiger partial charge < -0.3 is 9.47 Å². The molecule has 1 aliphatic rings. The second kappa shape index (κ2) is 15.5. The summed E-state index contributed by atoms with van der Waals surface area (Å²) >= 11 is 18.2. The van der Waals surface area contributed by atoms with E-state index in [1.807, 2.05) is 66.7 Å². The number of aromatic nitrogens is 1. The van der Waals surface area contributed by atoms with Gasteiger partial charge in [0.25, 0.3) is 5.56 Å². The van der Waals surface area contributed by atoms with Crippen LogP contribution in [0.1, 0.15) is 60.5 Å². The van der Waals surface area contributed by atoms with Gasteiger partial charge in [-0.15, -0.1) is 0 Å². The Morgan fingerprint density at radius 3 is 2.33 bits per heavy atom. The fourth-order valence-corrected chi connectivity index (χ4v) is 9.15. The van der Waals surface area contributed by atoms with Gasteiger partial charge in [0.05, 0.1) is 35.6 Å². The molecule has 0 fully saturated rings. The smallest absolute Gasteiger partial charge is 0.338 e. The van der Waals surface area contributed by atoms with E-state index in [9.17, 15) is 9.59 Å². The molecular weight excluding hydrogens is 905 g/mol. The SMILES string of the molecule is CCOC(=O)C1=C(c2ccccc2)N=c2s/c(=C\c3cc(I)c(OCc4ccc(Cl)cc4Cl)c(I)c3)c(=O)n2[C@@H]1c1ccc(C(C)C)cc1. The van der Waals surface area contributed by atoms with Crippen LogP contribution in [-0.2, 0) is 16.1 Å². The van der Waals surface area contributed by atoms with Crippen LogP contribution in [0.5, 0.6) is 5.75 Å². The number of benzene rings is 4. The van der Waals surface area contributed by atoms with Crippen molar-refractivity contribution in [2.75, 3.05) is 6.61 Å². The molecule has 4 aromatic carbocycles. The third-order valence-corrected chi connectivity index (χ3v) is 11.2. The number of carbonyl (C=O) groups excluding carboxylic acids is 1. The van der Waals surface area contributed by atoms with Gasteiger partial charge >= 0.3 is 5.97 Å². The van der Waals surface area contributed by atoms with E-state index < -0.39 is 12.0 Å². The number of ether oxygens (including phenoxy) is 2. The van der Waals surface area contributed by atoms with E-state index in [4.69, 9.17) is 37.7 Å².